The highest BCUT2D eigenvalue weighted by Crippen LogP contribution is 2.74. The first kappa shape index (κ1) is 20.8. The fourth-order valence-electron chi connectivity index (χ4n) is 9.68. The zero-order valence-electron chi connectivity index (χ0n) is 19.8. The van der Waals surface area contributed by atoms with E-state index in [1.165, 1.54) is 57.8 Å². The van der Waals surface area contributed by atoms with Gasteiger partial charge in [0.15, 0.2) is 0 Å². The normalized spacial score (nSPS) is 54.3. The van der Waals surface area contributed by atoms with Gasteiger partial charge in [-0.05, 0) is 85.9 Å². The maximum atomic E-state index is 10.4. The Morgan fingerprint density at radius 2 is 1.76 bits per heavy atom. The molecule has 2 nitrogen and oxygen atoms in total. The summed E-state index contributed by atoms with van der Waals surface area (Å²) in [5.74, 6) is 5.31. The minimum atomic E-state index is -0.124. The van der Waals surface area contributed by atoms with Crippen LogP contribution in [0.4, 0.5) is 0 Å². The summed E-state index contributed by atoms with van der Waals surface area (Å²) in [5, 5.41) is 10.4. The Morgan fingerprint density at radius 1 is 0.966 bits per heavy atom. The van der Waals surface area contributed by atoms with Crippen LogP contribution in [0.15, 0.2) is 0 Å². The van der Waals surface area contributed by atoms with Gasteiger partial charge in [-0.15, -0.1) is 0 Å². The Bertz CT molecular complexity index is 630. The average Bonchev–Trinajstić information content (AvgIpc) is 3.22. The minimum Gasteiger partial charge on any atom is -0.393 e. The SMILES string of the molecule is CC(C)CCC[C@@H](C)[C@H]1CC[C@H]2[C@@H]3C[C@@H]4[18O][C@@]45C[C@@H](O)CC[C@]5(C)[C@H]3CC[C@]12C. The Balaban J connectivity index is 1.33. The lowest BCUT2D eigenvalue weighted by atomic mass is 9.44. The standard InChI is InChI=1S/C27H46O2/c1-17(2)7-6-8-18(3)21-9-10-22-20-15-24-27(29-24)16-19(28)11-14-26(27,5)23(20)12-13-25(21,22)4/h17-24,28H,6-16H2,1-5H3/t18-,19+,20+,21-,22+,23+,24+,25-,26-,27+/m1/s1/i29+2. The van der Waals surface area contributed by atoms with Gasteiger partial charge in [0.2, 0.25) is 0 Å². The van der Waals surface area contributed by atoms with Crippen LogP contribution in [0, 0.1) is 46.3 Å². The van der Waals surface area contributed by atoms with Gasteiger partial charge < -0.3 is 9.84 Å². The number of rotatable bonds is 5. The van der Waals surface area contributed by atoms with Crippen LogP contribution in [0.25, 0.3) is 0 Å². The maximum absolute atomic E-state index is 10.4. The van der Waals surface area contributed by atoms with Crippen LogP contribution < -0.4 is 0 Å². The highest BCUT2D eigenvalue weighted by Gasteiger charge is 2.76. The first-order valence-electron chi connectivity index (χ1n) is 13.1. The number of hydrogen-bond acceptors (Lipinski definition) is 2. The van der Waals surface area contributed by atoms with Crippen molar-refractivity contribution >= 4 is 0 Å². The lowest BCUT2D eigenvalue weighted by molar-refractivity contribution is -0.116. The van der Waals surface area contributed by atoms with Gasteiger partial charge in [-0.2, -0.15) is 0 Å². The first-order chi connectivity index (χ1) is 13.7. The van der Waals surface area contributed by atoms with E-state index in [9.17, 15) is 5.11 Å². The summed E-state index contributed by atoms with van der Waals surface area (Å²) in [6.07, 6.45) is 14.8. The molecule has 1 spiro atoms. The summed E-state index contributed by atoms with van der Waals surface area (Å²) in [6.45, 7) is 12.6. The van der Waals surface area contributed by atoms with Gasteiger partial charge in [-0.25, -0.2) is 0 Å². The van der Waals surface area contributed by atoms with Gasteiger partial charge in [-0.3, -0.25) is 0 Å². The molecule has 0 aromatic carbocycles. The van der Waals surface area contributed by atoms with E-state index in [-0.39, 0.29) is 11.7 Å². The number of ether oxygens (including phenoxy) is 1. The second-order valence-electron chi connectivity index (χ2n) is 13.0. The van der Waals surface area contributed by atoms with Crippen LogP contribution >= 0.6 is 0 Å². The van der Waals surface area contributed by atoms with Gasteiger partial charge in [0.1, 0.15) is 5.60 Å². The number of fused-ring (bicyclic) bond motifs is 4. The summed E-state index contributed by atoms with van der Waals surface area (Å²) in [7, 11) is 0. The molecule has 0 radical (unpaired) electrons. The summed E-state index contributed by atoms with van der Waals surface area (Å²) < 4.78 is 6.51. The van der Waals surface area contributed by atoms with Gasteiger partial charge in [0.05, 0.1) is 12.2 Å². The van der Waals surface area contributed by atoms with E-state index in [1.807, 2.05) is 0 Å². The lowest BCUT2D eigenvalue weighted by Gasteiger charge is -2.59. The minimum absolute atomic E-state index is 0.0434. The van der Waals surface area contributed by atoms with E-state index in [2.05, 4.69) is 34.6 Å². The van der Waals surface area contributed by atoms with E-state index in [0.29, 0.717) is 16.9 Å². The summed E-state index contributed by atoms with van der Waals surface area (Å²) >= 11 is 0. The van der Waals surface area contributed by atoms with E-state index in [4.69, 9.17) is 4.74 Å². The van der Waals surface area contributed by atoms with Crippen molar-refractivity contribution in [2.24, 2.45) is 46.3 Å². The van der Waals surface area contributed by atoms with Crippen molar-refractivity contribution in [2.75, 3.05) is 0 Å². The number of epoxide rings is 1. The zero-order chi connectivity index (χ0) is 20.6. The Morgan fingerprint density at radius 3 is 2.52 bits per heavy atom. The van der Waals surface area contributed by atoms with Crippen LogP contribution in [0.2, 0.25) is 0 Å². The maximum Gasteiger partial charge on any atom is 0.103 e. The third kappa shape index (κ3) is 2.94. The molecule has 5 rings (SSSR count). The molecule has 4 saturated carbocycles. The molecule has 0 bridgehead atoms. The van der Waals surface area contributed by atoms with Crippen LogP contribution in [-0.2, 0) is 4.74 Å². The molecule has 5 fully saturated rings. The van der Waals surface area contributed by atoms with Crippen LogP contribution in [0.5, 0.6) is 0 Å². The van der Waals surface area contributed by atoms with Gasteiger partial charge >= 0.3 is 0 Å². The number of aliphatic hydroxyl groups is 1. The molecule has 0 aromatic heterocycles. The van der Waals surface area contributed by atoms with Crippen molar-refractivity contribution in [3.63, 3.8) is 0 Å². The summed E-state index contributed by atoms with van der Waals surface area (Å²) in [6, 6.07) is 0. The molecule has 1 N–H and O–H groups in total. The largest absolute Gasteiger partial charge is 0.393 e. The molecular formula is C27H46O2. The predicted octanol–water partition coefficient (Wildman–Crippen LogP) is 6.60. The van der Waals surface area contributed by atoms with Crippen LogP contribution in [0.1, 0.15) is 105 Å². The fourth-order valence-corrected chi connectivity index (χ4v) is 9.68. The molecule has 10 atom stereocenters. The Labute approximate surface area is 179 Å². The fraction of sp³-hybridized carbons (Fsp3) is 1.00. The predicted molar refractivity (Wildman–Crippen MR) is 119 cm³/mol. The Kier molecular flexibility index (Phi) is 4.99. The van der Waals surface area contributed by atoms with Gasteiger partial charge in [-0.1, -0.05) is 53.9 Å². The molecule has 1 saturated heterocycles. The van der Waals surface area contributed by atoms with Gasteiger partial charge in [0, 0.05) is 11.8 Å². The van der Waals surface area contributed by atoms with Crippen molar-refractivity contribution < 1.29 is 9.84 Å². The van der Waals surface area contributed by atoms with E-state index in [1.54, 1.807) is 0 Å². The quantitative estimate of drug-likeness (QED) is 0.413. The molecule has 5 aliphatic rings. The smallest absolute Gasteiger partial charge is 0.103 e. The van der Waals surface area contributed by atoms with Gasteiger partial charge in [0.25, 0.3) is 0 Å². The molecule has 0 amide bonds. The second kappa shape index (κ2) is 6.96. The summed E-state index contributed by atoms with van der Waals surface area (Å²) in [4.78, 5) is 0. The first-order valence-corrected chi connectivity index (χ1v) is 13.1. The van der Waals surface area contributed by atoms with Crippen molar-refractivity contribution in [3.05, 3.63) is 0 Å². The molecule has 1 heterocycles. The molecule has 2 heteroatoms. The molecule has 4 aliphatic carbocycles. The topological polar surface area (TPSA) is 32.8 Å². The second-order valence-corrected chi connectivity index (χ2v) is 13.0. The number of aliphatic hydroxyl groups excluding tert-OH is 1. The monoisotopic (exact) mass is 404 g/mol. The van der Waals surface area contributed by atoms with Crippen molar-refractivity contribution in [2.45, 2.75) is 123 Å². The Hall–Kier alpha value is -0.0800. The van der Waals surface area contributed by atoms with Crippen LogP contribution in [0.3, 0.4) is 0 Å². The molecule has 166 valence electrons. The van der Waals surface area contributed by atoms with E-state index < -0.39 is 0 Å². The van der Waals surface area contributed by atoms with Crippen molar-refractivity contribution in [1.82, 2.24) is 0 Å². The third-order valence-corrected chi connectivity index (χ3v) is 11.3. The zero-order valence-corrected chi connectivity index (χ0v) is 19.8. The highest BCUT2D eigenvalue weighted by molar-refractivity contribution is 5.24. The summed E-state index contributed by atoms with van der Waals surface area (Å²) in [5.41, 5.74) is 0.932. The van der Waals surface area contributed by atoms with Crippen molar-refractivity contribution in [1.29, 1.82) is 0 Å². The van der Waals surface area contributed by atoms with E-state index in [0.717, 1.165) is 48.3 Å². The lowest BCUT2D eigenvalue weighted by Crippen LogP contribution is -2.58. The highest BCUT2D eigenvalue weighted by atomic mass is 18.4. The molecule has 0 aromatic rings. The van der Waals surface area contributed by atoms with E-state index >= 15 is 0 Å². The van der Waals surface area contributed by atoms with Crippen molar-refractivity contribution in [3.8, 4) is 0 Å². The molecule has 1 aliphatic heterocycles. The molecular weight excluding hydrogens is 358 g/mol. The van der Waals surface area contributed by atoms with Crippen LogP contribution in [-0.4, -0.2) is 22.9 Å². The molecule has 0 unspecified atom stereocenters. The number of hydrogen-bond donors (Lipinski definition) is 1. The third-order valence-electron chi connectivity index (χ3n) is 11.3. The average molecular weight is 405 g/mol. The molecule has 29 heavy (non-hydrogen) atoms.